The van der Waals surface area contributed by atoms with Crippen molar-refractivity contribution in [2.24, 2.45) is 13.0 Å². The van der Waals surface area contributed by atoms with Crippen LogP contribution in [0.1, 0.15) is 56.2 Å². The highest BCUT2D eigenvalue weighted by Crippen LogP contribution is 2.15. The van der Waals surface area contributed by atoms with Crippen LogP contribution in [0.2, 0.25) is 0 Å². The van der Waals surface area contributed by atoms with Crippen LogP contribution in [0.5, 0.6) is 0 Å². The SMILES string of the molecule is CC[C@H](C)[C@H](NC(=O)c1cc(C(C)C)nn1C)C(=O)O. The van der Waals surface area contributed by atoms with Crippen molar-refractivity contribution < 1.29 is 14.7 Å². The van der Waals surface area contributed by atoms with Gasteiger partial charge in [-0.1, -0.05) is 34.1 Å². The Morgan fingerprint density at radius 2 is 2.00 bits per heavy atom. The van der Waals surface area contributed by atoms with E-state index in [1.807, 2.05) is 27.7 Å². The standard InChI is InChI=1S/C14H23N3O3/c1-6-9(4)12(14(19)20)15-13(18)11-7-10(8(2)3)16-17(11)5/h7-9,12H,6H2,1-5H3,(H,15,18)(H,19,20)/t9-,12-/m0/s1. The summed E-state index contributed by atoms with van der Waals surface area (Å²) in [5, 5.41) is 16.0. The number of carbonyl (C=O) groups excluding carboxylic acids is 1. The molecule has 0 radical (unpaired) electrons. The summed E-state index contributed by atoms with van der Waals surface area (Å²) in [4.78, 5) is 23.4. The van der Waals surface area contributed by atoms with Gasteiger partial charge in [0.1, 0.15) is 11.7 Å². The lowest BCUT2D eigenvalue weighted by Gasteiger charge is -2.19. The molecule has 2 N–H and O–H groups in total. The van der Waals surface area contributed by atoms with Crippen LogP contribution < -0.4 is 5.32 Å². The van der Waals surface area contributed by atoms with Crippen molar-refractivity contribution in [1.29, 1.82) is 0 Å². The zero-order chi connectivity index (χ0) is 15.4. The molecule has 1 aromatic rings. The number of amides is 1. The molecule has 0 aliphatic carbocycles. The lowest BCUT2D eigenvalue weighted by molar-refractivity contribution is -0.140. The molecule has 0 aliphatic rings. The van der Waals surface area contributed by atoms with Crippen LogP contribution in [-0.4, -0.2) is 32.8 Å². The van der Waals surface area contributed by atoms with Crippen molar-refractivity contribution in [1.82, 2.24) is 15.1 Å². The number of carboxylic acids is 1. The van der Waals surface area contributed by atoms with Crippen molar-refractivity contribution in [2.45, 2.75) is 46.1 Å². The van der Waals surface area contributed by atoms with Gasteiger partial charge in [-0.15, -0.1) is 0 Å². The molecule has 0 unspecified atom stereocenters. The Kier molecular flexibility index (Phi) is 5.30. The van der Waals surface area contributed by atoms with Gasteiger partial charge in [0.15, 0.2) is 0 Å². The van der Waals surface area contributed by atoms with Gasteiger partial charge in [-0.05, 0) is 17.9 Å². The molecular formula is C14H23N3O3. The van der Waals surface area contributed by atoms with Crippen LogP contribution in [0, 0.1) is 5.92 Å². The zero-order valence-corrected chi connectivity index (χ0v) is 12.7. The van der Waals surface area contributed by atoms with Crippen LogP contribution >= 0.6 is 0 Å². The van der Waals surface area contributed by atoms with Crippen molar-refractivity contribution in [3.05, 3.63) is 17.5 Å². The summed E-state index contributed by atoms with van der Waals surface area (Å²) >= 11 is 0. The Bertz CT molecular complexity index is 494. The lowest BCUT2D eigenvalue weighted by Crippen LogP contribution is -2.45. The third kappa shape index (κ3) is 3.59. The maximum Gasteiger partial charge on any atom is 0.326 e. The fourth-order valence-corrected chi connectivity index (χ4v) is 1.88. The minimum atomic E-state index is -1.01. The van der Waals surface area contributed by atoms with Gasteiger partial charge in [-0.3, -0.25) is 9.48 Å². The first-order valence-electron chi connectivity index (χ1n) is 6.85. The molecule has 1 amide bonds. The molecule has 1 aromatic heterocycles. The quantitative estimate of drug-likeness (QED) is 0.832. The summed E-state index contributed by atoms with van der Waals surface area (Å²) in [6.45, 7) is 7.68. The minimum absolute atomic E-state index is 0.130. The molecule has 0 aliphatic heterocycles. The van der Waals surface area contributed by atoms with Gasteiger partial charge in [-0.25, -0.2) is 4.79 Å². The van der Waals surface area contributed by atoms with Crippen LogP contribution in [0.3, 0.4) is 0 Å². The van der Waals surface area contributed by atoms with Crippen LogP contribution in [0.15, 0.2) is 6.07 Å². The number of carboxylic acid groups (broad SMARTS) is 1. The monoisotopic (exact) mass is 281 g/mol. The molecule has 6 heteroatoms. The first-order chi connectivity index (χ1) is 9.27. The Hall–Kier alpha value is -1.85. The number of hydrogen-bond acceptors (Lipinski definition) is 3. The van der Waals surface area contributed by atoms with E-state index >= 15 is 0 Å². The fourth-order valence-electron chi connectivity index (χ4n) is 1.88. The van der Waals surface area contributed by atoms with Gasteiger partial charge in [0.25, 0.3) is 5.91 Å². The van der Waals surface area contributed by atoms with Gasteiger partial charge in [0.05, 0.1) is 5.69 Å². The molecule has 6 nitrogen and oxygen atoms in total. The second-order valence-corrected chi connectivity index (χ2v) is 5.41. The number of carbonyl (C=O) groups is 2. The molecule has 0 fully saturated rings. The van der Waals surface area contributed by atoms with E-state index in [1.165, 1.54) is 4.68 Å². The average molecular weight is 281 g/mol. The summed E-state index contributed by atoms with van der Waals surface area (Å²) < 4.78 is 1.49. The summed E-state index contributed by atoms with van der Waals surface area (Å²) in [6.07, 6.45) is 0.680. The van der Waals surface area contributed by atoms with Crippen LogP contribution in [0.4, 0.5) is 0 Å². The average Bonchev–Trinajstić information content (AvgIpc) is 2.76. The third-order valence-electron chi connectivity index (χ3n) is 3.49. The lowest BCUT2D eigenvalue weighted by atomic mass is 9.99. The molecule has 112 valence electrons. The van der Waals surface area contributed by atoms with Crippen LogP contribution in [-0.2, 0) is 11.8 Å². The predicted molar refractivity (Wildman–Crippen MR) is 75.6 cm³/mol. The minimum Gasteiger partial charge on any atom is -0.480 e. The molecule has 2 atom stereocenters. The normalized spacial score (nSPS) is 14.1. The smallest absolute Gasteiger partial charge is 0.326 e. The highest BCUT2D eigenvalue weighted by molar-refractivity contribution is 5.95. The number of aromatic nitrogens is 2. The van der Waals surface area contributed by atoms with E-state index in [4.69, 9.17) is 0 Å². The molecule has 0 aromatic carbocycles. The van der Waals surface area contributed by atoms with Gasteiger partial charge in [0, 0.05) is 7.05 Å². The third-order valence-corrected chi connectivity index (χ3v) is 3.49. The molecular weight excluding hydrogens is 258 g/mol. The second-order valence-electron chi connectivity index (χ2n) is 5.41. The van der Waals surface area contributed by atoms with Gasteiger partial charge in [0.2, 0.25) is 0 Å². The number of hydrogen-bond donors (Lipinski definition) is 2. The molecule has 1 rings (SSSR count). The van der Waals surface area contributed by atoms with Crippen LogP contribution in [0.25, 0.3) is 0 Å². The van der Waals surface area contributed by atoms with E-state index in [0.717, 1.165) is 5.69 Å². The van der Waals surface area contributed by atoms with Crippen molar-refractivity contribution in [3.63, 3.8) is 0 Å². The van der Waals surface area contributed by atoms with Gasteiger partial charge < -0.3 is 10.4 Å². The first kappa shape index (κ1) is 16.2. The highest BCUT2D eigenvalue weighted by atomic mass is 16.4. The number of nitrogens with zero attached hydrogens (tertiary/aromatic N) is 2. The number of rotatable bonds is 6. The largest absolute Gasteiger partial charge is 0.480 e. The summed E-state index contributed by atoms with van der Waals surface area (Å²) in [6, 6.07) is 0.820. The first-order valence-corrected chi connectivity index (χ1v) is 6.85. The Morgan fingerprint density at radius 1 is 1.40 bits per heavy atom. The van der Waals surface area contributed by atoms with E-state index in [-0.39, 0.29) is 11.8 Å². The molecule has 20 heavy (non-hydrogen) atoms. The van der Waals surface area contributed by atoms with E-state index in [9.17, 15) is 14.7 Å². The van der Waals surface area contributed by atoms with Crippen molar-refractivity contribution >= 4 is 11.9 Å². The summed E-state index contributed by atoms with van der Waals surface area (Å²) in [7, 11) is 1.68. The number of nitrogens with one attached hydrogen (secondary N) is 1. The zero-order valence-electron chi connectivity index (χ0n) is 12.7. The molecule has 1 heterocycles. The van der Waals surface area contributed by atoms with E-state index in [1.54, 1.807) is 13.1 Å². The highest BCUT2D eigenvalue weighted by Gasteiger charge is 2.27. The van der Waals surface area contributed by atoms with E-state index < -0.39 is 17.9 Å². The van der Waals surface area contributed by atoms with Gasteiger partial charge >= 0.3 is 5.97 Å². The maximum atomic E-state index is 12.2. The maximum absolute atomic E-state index is 12.2. The Labute approximate surface area is 119 Å². The number of aliphatic carboxylic acids is 1. The fraction of sp³-hybridized carbons (Fsp3) is 0.643. The molecule has 0 bridgehead atoms. The number of aryl methyl sites for hydroxylation is 1. The Morgan fingerprint density at radius 3 is 2.40 bits per heavy atom. The second kappa shape index (κ2) is 6.54. The summed E-state index contributed by atoms with van der Waals surface area (Å²) in [5.41, 5.74) is 1.19. The Balaban J connectivity index is 2.92. The van der Waals surface area contributed by atoms with Crippen molar-refractivity contribution in [3.8, 4) is 0 Å². The molecule has 0 saturated carbocycles. The topological polar surface area (TPSA) is 84.2 Å². The van der Waals surface area contributed by atoms with Gasteiger partial charge in [-0.2, -0.15) is 5.10 Å². The molecule has 0 saturated heterocycles. The van der Waals surface area contributed by atoms with E-state index in [2.05, 4.69) is 10.4 Å². The van der Waals surface area contributed by atoms with Crippen molar-refractivity contribution in [2.75, 3.05) is 0 Å². The predicted octanol–water partition coefficient (Wildman–Crippen LogP) is 1.77. The summed E-state index contributed by atoms with van der Waals surface area (Å²) in [5.74, 6) is -1.33. The van der Waals surface area contributed by atoms with E-state index in [0.29, 0.717) is 12.1 Å². The molecule has 0 spiro atoms.